The second-order valence-corrected chi connectivity index (χ2v) is 8.38. The first kappa shape index (κ1) is 15.6. The molecular formula is C22H25NO. The van der Waals surface area contributed by atoms with Crippen LogP contribution in [0, 0.1) is 19.3 Å². The molecule has 0 spiro atoms. The Hall–Kier alpha value is -1.96. The van der Waals surface area contributed by atoms with Crippen LogP contribution in [0.1, 0.15) is 65.0 Å². The van der Waals surface area contributed by atoms with Crippen molar-refractivity contribution in [2.75, 3.05) is 0 Å². The molecule has 0 amide bonds. The lowest BCUT2D eigenvalue weighted by Gasteiger charge is -2.30. The summed E-state index contributed by atoms with van der Waals surface area (Å²) in [5.41, 5.74) is 9.63. The smallest absolute Gasteiger partial charge is 0.165 e. The summed E-state index contributed by atoms with van der Waals surface area (Å²) in [6, 6.07) is 6.78. The summed E-state index contributed by atoms with van der Waals surface area (Å²) in [4.78, 5) is 17.6. The number of rotatable bonds is 0. The Labute approximate surface area is 144 Å². The minimum absolute atomic E-state index is 0.0159. The number of Topliss-reactive ketones (excluding diaryl/α,β-unsaturated/α-hetero) is 1. The van der Waals surface area contributed by atoms with Crippen LogP contribution in [0.4, 0.5) is 0 Å². The summed E-state index contributed by atoms with van der Waals surface area (Å²) in [7, 11) is 0. The molecule has 24 heavy (non-hydrogen) atoms. The summed E-state index contributed by atoms with van der Waals surface area (Å²) in [6.45, 7) is 8.69. The van der Waals surface area contributed by atoms with Gasteiger partial charge in [0, 0.05) is 17.5 Å². The van der Waals surface area contributed by atoms with Gasteiger partial charge in [0.15, 0.2) is 5.78 Å². The van der Waals surface area contributed by atoms with Gasteiger partial charge in [0.05, 0.1) is 11.4 Å². The van der Waals surface area contributed by atoms with Crippen molar-refractivity contribution in [1.29, 1.82) is 0 Å². The van der Waals surface area contributed by atoms with Crippen molar-refractivity contribution in [2.45, 2.75) is 59.8 Å². The Bertz CT molecular complexity index is 861. The molecule has 2 heteroatoms. The highest BCUT2D eigenvalue weighted by Crippen LogP contribution is 2.39. The highest BCUT2D eigenvalue weighted by molar-refractivity contribution is 5.99. The standard InChI is InChI=1S/C22H25NO/c1-13-8-15-6-5-7-16-10-18-19(11-22(3,4)12-20(18)24)23-21(16)17(15)9-14(13)2/h8-10H,5-7,11-12H2,1-4H3. The number of carbonyl (C=O) groups is 1. The van der Waals surface area contributed by atoms with E-state index in [2.05, 4.69) is 45.9 Å². The monoisotopic (exact) mass is 319 g/mol. The Morgan fingerprint density at radius 1 is 0.917 bits per heavy atom. The maximum absolute atomic E-state index is 12.6. The van der Waals surface area contributed by atoms with E-state index in [1.54, 1.807) is 0 Å². The fourth-order valence-corrected chi connectivity index (χ4v) is 4.21. The van der Waals surface area contributed by atoms with Gasteiger partial charge in [0.25, 0.3) is 0 Å². The van der Waals surface area contributed by atoms with Gasteiger partial charge in [-0.1, -0.05) is 19.9 Å². The molecular weight excluding hydrogens is 294 g/mol. The van der Waals surface area contributed by atoms with Crippen molar-refractivity contribution in [2.24, 2.45) is 5.41 Å². The fraction of sp³-hybridized carbons (Fsp3) is 0.455. The van der Waals surface area contributed by atoms with E-state index in [0.717, 1.165) is 42.6 Å². The largest absolute Gasteiger partial charge is 0.294 e. The summed E-state index contributed by atoms with van der Waals surface area (Å²) < 4.78 is 0. The molecule has 0 aliphatic heterocycles. The number of benzene rings is 1. The van der Waals surface area contributed by atoms with E-state index in [-0.39, 0.29) is 11.2 Å². The summed E-state index contributed by atoms with van der Waals surface area (Å²) in [5.74, 6) is 0.265. The van der Waals surface area contributed by atoms with Crippen LogP contribution in [0.2, 0.25) is 0 Å². The van der Waals surface area contributed by atoms with Crippen LogP contribution in [0.3, 0.4) is 0 Å². The molecule has 2 nitrogen and oxygen atoms in total. The van der Waals surface area contributed by atoms with Gasteiger partial charge in [-0.05, 0) is 79.3 Å². The third-order valence-corrected chi connectivity index (χ3v) is 5.63. The van der Waals surface area contributed by atoms with Gasteiger partial charge in [-0.3, -0.25) is 9.78 Å². The number of nitrogens with zero attached hydrogens (tertiary/aromatic N) is 1. The van der Waals surface area contributed by atoms with E-state index in [1.807, 2.05) is 0 Å². The molecule has 124 valence electrons. The number of carbonyl (C=O) groups excluding carboxylic acids is 1. The Balaban J connectivity index is 1.94. The zero-order valence-electron chi connectivity index (χ0n) is 15.1. The molecule has 0 N–H and O–H groups in total. The van der Waals surface area contributed by atoms with Crippen LogP contribution >= 0.6 is 0 Å². The number of fused-ring (bicyclic) bond motifs is 4. The number of hydrogen-bond donors (Lipinski definition) is 0. The van der Waals surface area contributed by atoms with E-state index >= 15 is 0 Å². The average Bonchev–Trinajstić information content (AvgIpc) is 2.65. The first-order chi connectivity index (χ1) is 11.3. The molecule has 1 aromatic carbocycles. The molecule has 4 rings (SSSR count). The second kappa shape index (κ2) is 5.27. The lowest BCUT2D eigenvalue weighted by atomic mass is 9.75. The number of pyridine rings is 1. The van der Waals surface area contributed by atoms with Gasteiger partial charge >= 0.3 is 0 Å². The maximum atomic E-state index is 12.6. The third kappa shape index (κ3) is 2.49. The molecule has 0 fully saturated rings. The molecule has 1 aromatic heterocycles. The average molecular weight is 319 g/mol. The number of ketones is 1. The first-order valence-electron chi connectivity index (χ1n) is 9.00. The fourth-order valence-electron chi connectivity index (χ4n) is 4.21. The van der Waals surface area contributed by atoms with Gasteiger partial charge in [-0.2, -0.15) is 0 Å². The molecule has 2 aromatic rings. The van der Waals surface area contributed by atoms with E-state index in [4.69, 9.17) is 4.98 Å². The van der Waals surface area contributed by atoms with E-state index in [9.17, 15) is 4.79 Å². The summed E-state index contributed by atoms with van der Waals surface area (Å²) >= 11 is 0. The van der Waals surface area contributed by atoms with Crippen molar-refractivity contribution in [3.63, 3.8) is 0 Å². The normalized spacial score (nSPS) is 18.4. The highest BCUT2D eigenvalue weighted by Gasteiger charge is 2.33. The topological polar surface area (TPSA) is 30.0 Å². The van der Waals surface area contributed by atoms with Crippen molar-refractivity contribution >= 4 is 5.78 Å². The van der Waals surface area contributed by atoms with Gasteiger partial charge in [0.2, 0.25) is 0 Å². The van der Waals surface area contributed by atoms with Crippen LogP contribution in [0.25, 0.3) is 11.3 Å². The van der Waals surface area contributed by atoms with Gasteiger partial charge in [0.1, 0.15) is 0 Å². The van der Waals surface area contributed by atoms with Gasteiger partial charge in [-0.25, -0.2) is 0 Å². The third-order valence-electron chi connectivity index (χ3n) is 5.63. The zero-order chi connectivity index (χ0) is 17.1. The molecule has 2 aliphatic rings. The quantitative estimate of drug-likeness (QED) is 0.683. The van der Waals surface area contributed by atoms with Crippen LogP contribution in [0.5, 0.6) is 0 Å². The Morgan fingerprint density at radius 2 is 1.62 bits per heavy atom. The van der Waals surface area contributed by atoms with Crippen molar-refractivity contribution in [3.8, 4) is 11.3 Å². The van der Waals surface area contributed by atoms with Crippen molar-refractivity contribution < 1.29 is 4.79 Å². The minimum Gasteiger partial charge on any atom is -0.294 e. The van der Waals surface area contributed by atoms with Crippen LogP contribution in [-0.2, 0) is 19.3 Å². The Kier molecular flexibility index (Phi) is 3.42. The number of aryl methyl sites for hydroxylation is 4. The summed E-state index contributed by atoms with van der Waals surface area (Å²) in [5, 5.41) is 0. The van der Waals surface area contributed by atoms with Crippen LogP contribution in [-0.4, -0.2) is 10.8 Å². The predicted octanol–water partition coefficient (Wildman–Crippen LogP) is 5.01. The number of aromatic nitrogens is 1. The summed E-state index contributed by atoms with van der Waals surface area (Å²) in [6.07, 6.45) is 4.76. The minimum atomic E-state index is 0.0159. The molecule has 1 heterocycles. The van der Waals surface area contributed by atoms with Crippen LogP contribution < -0.4 is 0 Å². The van der Waals surface area contributed by atoms with E-state index in [1.165, 1.54) is 27.8 Å². The van der Waals surface area contributed by atoms with Crippen molar-refractivity contribution in [1.82, 2.24) is 4.98 Å². The molecule has 0 bridgehead atoms. The molecule has 0 saturated carbocycles. The predicted molar refractivity (Wildman–Crippen MR) is 97.6 cm³/mol. The van der Waals surface area contributed by atoms with Gasteiger partial charge in [-0.15, -0.1) is 0 Å². The molecule has 0 radical (unpaired) electrons. The van der Waals surface area contributed by atoms with Crippen LogP contribution in [0.15, 0.2) is 18.2 Å². The highest BCUT2D eigenvalue weighted by atomic mass is 16.1. The Morgan fingerprint density at radius 3 is 2.42 bits per heavy atom. The van der Waals surface area contributed by atoms with E-state index < -0.39 is 0 Å². The first-order valence-corrected chi connectivity index (χ1v) is 9.00. The van der Waals surface area contributed by atoms with Gasteiger partial charge < -0.3 is 0 Å². The SMILES string of the molecule is Cc1cc2c(cc1C)-c1nc3c(cc1CCC2)C(=O)CC(C)(C)C3. The maximum Gasteiger partial charge on any atom is 0.165 e. The number of hydrogen-bond acceptors (Lipinski definition) is 2. The zero-order valence-corrected chi connectivity index (χ0v) is 15.1. The molecule has 0 atom stereocenters. The van der Waals surface area contributed by atoms with Crippen molar-refractivity contribution in [3.05, 3.63) is 51.7 Å². The second-order valence-electron chi connectivity index (χ2n) is 8.38. The molecule has 0 unspecified atom stereocenters. The van der Waals surface area contributed by atoms with E-state index in [0.29, 0.717) is 6.42 Å². The lowest BCUT2D eigenvalue weighted by Crippen LogP contribution is -2.28. The lowest BCUT2D eigenvalue weighted by molar-refractivity contribution is 0.0910. The molecule has 0 saturated heterocycles. The molecule has 2 aliphatic carbocycles.